The lowest BCUT2D eigenvalue weighted by Gasteiger charge is -2.44. The maximum Gasteiger partial charge on any atom is 0.573 e. The zero-order valence-corrected chi connectivity index (χ0v) is 17.7. The molecule has 2 saturated heterocycles. The van der Waals surface area contributed by atoms with Gasteiger partial charge in [-0.25, -0.2) is 0 Å². The molecule has 2 aromatic rings. The summed E-state index contributed by atoms with van der Waals surface area (Å²) in [6.45, 7) is 3.10. The van der Waals surface area contributed by atoms with Crippen molar-refractivity contribution in [2.24, 2.45) is 5.92 Å². The fourth-order valence-corrected chi connectivity index (χ4v) is 4.62. The number of nitrogens with one attached hydrogen (secondary N) is 1. The number of carbonyl (C=O) groups excluding carboxylic acids is 1. The first-order valence-corrected chi connectivity index (χ1v) is 11.0. The van der Waals surface area contributed by atoms with Crippen LogP contribution in [0.4, 0.5) is 18.9 Å². The summed E-state index contributed by atoms with van der Waals surface area (Å²) in [5.74, 6) is 0.513. The summed E-state index contributed by atoms with van der Waals surface area (Å²) < 4.78 is 46.6. The number of hydrogen-bond acceptors (Lipinski definition) is 4. The third-order valence-corrected chi connectivity index (χ3v) is 6.15. The Morgan fingerprint density at radius 2 is 1.62 bits per heavy atom. The minimum Gasteiger partial charge on any atom is -0.493 e. The molecule has 2 unspecified atom stereocenters. The molecule has 5 nitrogen and oxygen atoms in total. The van der Waals surface area contributed by atoms with Crippen molar-refractivity contribution < 1.29 is 27.4 Å². The van der Waals surface area contributed by atoms with Crippen molar-refractivity contribution in [1.82, 2.24) is 4.90 Å². The first-order chi connectivity index (χ1) is 15.4. The van der Waals surface area contributed by atoms with Crippen LogP contribution in [0.15, 0.2) is 48.5 Å². The number of amides is 1. The Hall–Kier alpha value is -2.74. The van der Waals surface area contributed by atoms with Crippen LogP contribution in [-0.2, 0) is 0 Å². The van der Waals surface area contributed by atoms with Crippen molar-refractivity contribution >= 4 is 11.6 Å². The van der Waals surface area contributed by atoms with Crippen LogP contribution in [0.25, 0.3) is 0 Å². The van der Waals surface area contributed by atoms with Gasteiger partial charge in [0.2, 0.25) is 0 Å². The molecule has 0 aliphatic carbocycles. The van der Waals surface area contributed by atoms with Crippen molar-refractivity contribution in [1.29, 1.82) is 0 Å². The van der Waals surface area contributed by atoms with Crippen molar-refractivity contribution in [2.75, 3.05) is 25.0 Å². The van der Waals surface area contributed by atoms with E-state index in [1.165, 1.54) is 57.3 Å². The number of hydrogen-bond donors (Lipinski definition) is 1. The Morgan fingerprint density at radius 1 is 0.938 bits per heavy atom. The van der Waals surface area contributed by atoms with E-state index in [4.69, 9.17) is 4.74 Å². The summed E-state index contributed by atoms with van der Waals surface area (Å²) in [5.41, 5.74) is 0.809. The molecule has 2 aliphatic heterocycles. The zero-order chi connectivity index (χ0) is 22.6. The number of nitrogens with zero attached hydrogens (tertiary/aromatic N) is 1. The predicted molar refractivity (Wildman–Crippen MR) is 115 cm³/mol. The lowest BCUT2D eigenvalue weighted by molar-refractivity contribution is -0.274. The Morgan fingerprint density at radius 3 is 2.34 bits per heavy atom. The molecule has 0 radical (unpaired) electrons. The van der Waals surface area contributed by atoms with Crippen LogP contribution in [0.2, 0.25) is 0 Å². The molecule has 32 heavy (non-hydrogen) atoms. The molecular formula is C24H27F3N2O3. The summed E-state index contributed by atoms with van der Waals surface area (Å²) in [6.07, 6.45) is 1.50. The summed E-state index contributed by atoms with van der Waals surface area (Å²) in [5, 5.41) is 2.73. The van der Waals surface area contributed by atoms with E-state index in [2.05, 4.69) is 15.0 Å². The van der Waals surface area contributed by atoms with E-state index < -0.39 is 12.3 Å². The molecule has 1 amide bonds. The van der Waals surface area contributed by atoms with Gasteiger partial charge in [0.1, 0.15) is 11.5 Å². The van der Waals surface area contributed by atoms with Gasteiger partial charge in [0.25, 0.3) is 5.91 Å². The van der Waals surface area contributed by atoms with E-state index >= 15 is 0 Å². The summed E-state index contributed by atoms with van der Waals surface area (Å²) >= 11 is 0. The van der Waals surface area contributed by atoms with Crippen molar-refractivity contribution in [3.05, 3.63) is 54.1 Å². The van der Waals surface area contributed by atoms with E-state index in [0.29, 0.717) is 24.3 Å². The Bertz CT molecular complexity index is 898. The van der Waals surface area contributed by atoms with Crippen LogP contribution in [0.3, 0.4) is 0 Å². The number of alkyl halides is 3. The van der Waals surface area contributed by atoms with Gasteiger partial charge in [0.05, 0.1) is 6.61 Å². The third-order valence-electron chi connectivity index (χ3n) is 6.15. The quantitative estimate of drug-likeness (QED) is 0.636. The fraction of sp³-hybridized carbons (Fsp3) is 0.458. The third kappa shape index (κ3) is 5.94. The van der Waals surface area contributed by atoms with Gasteiger partial charge in [-0.15, -0.1) is 13.2 Å². The SMILES string of the molecule is O=C(Nc1ccc(OCC2CCCN3CCCCC23)cc1)c1ccc(OC(F)(F)F)cc1. The molecule has 2 fully saturated rings. The number of fused-ring (bicyclic) bond motifs is 1. The summed E-state index contributed by atoms with van der Waals surface area (Å²) in [4.78, 5) is 15.0. The maximum atomic E-state index is 12.4. The van der Waals surface area contributed by atoms with Crippen LogP contribution >= 0.6 is 0 Å². The molecule has 0 spiro atoms. The molecule has 0 bridgehead atoms. The van der Waals surface area contributed by atoms with Crippen molar-refractivity contribution in [2.45, 2.75) is 44.5 Å². The Balaban J connectivity index is 1.28. The lowest BCUT2D eigenvalue weighted by atomic mass is 9.84. The highest BCUT2D eigenvalue weighted by Crippen LogP contribution is 2.31. The number of rotatable bonds is 6. The predicted octanol–water partition coefficient (Wildman–Crippen LogP) is 5.48. The van der Waals surface area contributed by atoms with Crippen molar-refractivity contribution in [3.63, 3.8) is 0 Å². The smallest absolute Gasteiger partial charge is 0.493 e. The van der Waals surface area contributed by atoms with Gasteiger partial charge in [-0.3, -0.25) is 9.69 Å². The van der Waals surface area contributed by atoms with E-state index in [-0.39, 0.29) is 11.3 Å². The molecule has 1 N–H and O–H groups in total. The molecular weight excluding hydrogens is 421 g/mol. The summed E-state index contributed by atoms with van der Waals surface area (Å²) in [7, 11) is 0. The second-order valence-electron chi connectivity index (χ2n) is 8.36. The Kier molecular flexibility index (Phi) is 6.89. The second kappa shape index (κ2) is 9.81. The van der Waals surface area contributed by atoms with Crippen LogP contribution in [0.5, 0.6) is 11.5 Å². The molecule has 2 aliphatic rings. The first kappa shape index (κ1) is 22.5. The van der Waals surface area contributed by atoms with Gasteiger partial charge in [0, 0.05) is 23.2 Å². The number of carbonyl (C=O) groups is 1. The van der Waals surface area contributed by atoms with Gasteiger partial charge in [-0.05, 0) is 87.3 Å². The highest BCUT2D eigenvalue weighted by atomic mass is 19.4. The molecule has 0 saturated carbocycles. The second-order valence-corrected chi connectivity index (χ2v) is 8.36. The minimum atomic E-state index is -4.76. The van der Waals surface area contributed by atoms with Crippen LogP contribution in [0.1, 0.15) is 42.5 Å². The number of anilines is 1. The maximum absolute atomic E-state index is 12.4. The van der Waals surface area contributed by atoms with Gasteiger partial charge in [-0.1, -0.05) is 6.42 Å². The molecule has 172 valence electrons. The van der Waals surface area contributed by atoms with E-state index in [9.17, 15) is 18.0 Å². The lowest BCUT2D eigenvalue weighted by Crippen LogP contribution is -2.49. The highest BCUT2D eigenvalue weighted by molar-refractivity contribution is 6.04. The van der Waals surface area contributed by atoms with Crippen LogP contribution < -0.4 is 14.8 Å². The van der Waals surface area contributed by atoms with Crippen molar-refractivity contribution in [3.8, 4) is 11.5 Å². The van der Waals surface area contributed by atoms with Gasteiger partial charge in [0.15, 0.2) is 0 Å². The van der Waals surface area contributed by atoms with Gasteiger partial charge >= 0.3 is 6.36 Å². The van der Waals surface area contributed by atoms with E-state index in [0.717, 1.165) is 17.9 Å². The Labute approximate surface area is 185 Å². The number of benzene rings is 2. The molecule has 0 aromatic heterocycles. The number of ether oxygens (including phenoxy) is 2. The topological polar surface area (TPSA) is 50.8 Å². The van der Waals surface area contributed by atoms with Crippen LogP contribution in [-0.4, -0.2) is 42.9 Å². The molecule has 4 rings (SSSR count). The fourth-order valence-electron chi connectivity index (χ4n) is 4.62. The number of halogens is 3. The molecule has 2 aromatic carbocycles. The van der Waals surface area contributed by atoms with Gasteiger partial charge in [-0.2, -0.15) is 0 Å². The molecule has 2 heterocycles. The van der Waals surface area contributed by atoms with E-state index in [1.807, 2.05) is 12.1 Å². The normalized spacial score (nSPS) is 21.5. The standard InChI is InChI=1S/C24H27F3N2O3/c25-24(26,27)32-21-10-6-17(7-11-21)23(30)28-19-8-12-20(13-9-19)31-16-18-4-3-15-29-14-2-1-5-22(18)29/h6-13,18,22H,1-5,14-16H2,(H,28,30). The average Bonchev–Trinajstić information content (AvgIpc) is 2.78. The van der Waals surface area contributed by atoms with Crippen LogP contribution in [0, 0.1) is 5.92 Å². The van der Waals surface area contributed by atoms with Gasteiger partial charge < -0.3 is 14.8 Å². The average molecular weight is 448 g/mol. The zero-order valence-electron chi connectivity index (χ0n) is 17.7. The summed E-state index contributed by atoms with van der Waals surface area (Å²) in [6, 6.07) is 12.6. The first-order valence-electron chi connectivity index (χ1n) is 11.0. The molecule has 2 atom stereocenters. The highest BCUT2D eigenvalue weighted by Gasteiger charge is 2.33. The van der Waals surface area contributed by atoms with E-state index in [1.54, 1.807) is 12.1 Å². The molecule has 8 heteroatoms. The largest absolute Gasteiger partial charge is 0.573 e. The monoisotopic (exact) mass is 448 g/mol. The number of piperidine rings is 2. The minimum absolute atomic E-state index is 0.231.